The highest BCUT2D eigenvalue weighted by atomic mass is 16.2. The lowest BCUT2D eigenvalue weighted by molar-refractivity contribution is -0.947. The van der Waals surface area contributed by atoms with Gasteiger partial charge in [-0.15, -0.1) is 0 Å². The number of hydrogen-bond donors (Lipinski definition) is 1. The minimum Gasteiger partial charge on any atom is -0.396 e. The molecule has 0 amide bonds. The fraction of sp³-hybridized carbons (Fsp3) is 1.00. The molecule has 2 heterocycles. The van der Waals surface area contributed by atoms with Gasteiger partial charge in [0.25, 0.3) is 0 Å². The van der Waals surface area contributed by atoms with Crippen molar-refractivity contribution in [3.63, 3.8) is 0 Å². The molecule has 2 saturated heterocycles. The van der Waals surface area contributed by atoms with Crippen LogP contribution in [-0.2, 0) is 0 Å². The molecule has 2 aliphatic rings. The van der Waals surface area contributed by atoms with E-state index >= 15 is 0 Å². The summed E-state index contributed by atoms with van der Waals surface area (Å²) in [6.07, 6.45) is 9.40. The molecular formula is C13H26NO+. The highest BCUT2D eigenvalue weighted by Gasteiger charge is 2.42. The van der Waals surface area contributed by atoms with Crippen LogP contribution in [0.1, 0.15) is 44.9 Å². The lowest BCUT2D eigenvalue weighted by atomic mass is 9.79. The van der Waals surface area contributed by atoms with Crippen molar-refractivity contribution in [2.24, 2.45) is 5.92 Å². The second-order valence-corrected chi connectivity index (χ2v) is 5.76. The molecule has 2 aliphatic heterocycles. The van der Waals surface area contributed by atoms with Crippen molar-refractivity contribution in [3.05, 3.63) is 0 Å². The molecule has 2 fully saturated rings. The quantitative estimate of drug-likeness (QED) is 0.711. The first kappa shape index (κ1) is 11.4. The first-order valence-electron chi connectivity index (χ1n) is 6.71. The van der Waals surface area contributed by atoms with Crippen LogP contribution in [0.3, 0.4) is 0 Å². The van der Waals surface area contributed by atoms with Gasteiger partial charge in [0.2, 0.25) is 0 Å². The molecule has 15 heavy (non-hydrogen) atoms. The van der Waals surface area contributed by atoms with Gasteiger partial charge >= 0.3 is 0 Å². The zero-order valence-corrected chi connectivity index (χ0v) is 10.1. The zero-order chi connectivity index (χ0) is 10.7. The smallest absolute Gasteiger partial charge is 0.0916 e. The normalized spacial score (nSPS) is 41.2. The SMILES string of the molecule is C[N@+]12CCCC[C@@H]1[C@H](CCCO)CCC2. The first-order chi connectivity index (χ1) is 7.26. The van der Waals surface area contributed by atoms with Crippen molar-refractivity contribution in [2.75, 3.05) is 26.7 Å². The van der Waals surface area contributed by atoms with Gasteiger partial charge in [0.15, 0.2) is 0 Å². The average Bonchev–Trinajstić information content (AvgIpc) is 2.25. The van der Waals surface area contributed by atoms with E-state index in [1.54, 1.807) is 0 Å². The Kier molecular flexibility index (Phi) is 3.68. The summed E-state index contributed by atoms with van der Waals surface area (Å²) in [5, 5.41) is 8.95. The number of aliphatic hydroxyl groups is 1. The van der Waals surface area contributed by atoms with Crippen molar-refractivity contribution in [1.29, 1.82) is 0 Å². The maximum atomic E-state index is 8.95. The maximum Gasteiger partial charge on any atom is 0.0916 e. The number of aliphatic hydroxyl groups excluding tert-OH is 1. The van der Waals surface area contributed by atoms with Crippen LogP contribution in [0.15, 0.2) is 0 Å². The van der Waals surface area contributed by atoms with Crippen LogP contribution in [0.2, 0.25) is 0 Å². The summed E-state index contributed by atoms with van der Waals surface area (Å²) in [5.41, 5.74) is 0. The number of quaternary nitrogens is 1. The van der Waals surface area contributed by atoms with E-state index in [9.17, 15) is 0 Å². The molecule has 2 rings (SSSR count). The summed E-state index contributed by atoms with van der Waals surface area (Å²) in [4.78, 5) is 0. The van der Waals surface area contributed by atoms with Gasteiger partial charge in [-0.05, 0) is 44.9 Å². The third kappa shape index (κ3) is 2.36. The summed E-state index contributed by atoms with van der Waals surface area (Å²) < 4.78 is 1.34. The minimum atomic E-state index is 0.382. The van der Waals surface area contributed by atoms with Gasteiger partial charge in [0.05, 0.1) is 26.2 Å². The van der Waals surface area contributed by atoms with E-state index in [-0.39, 0.29) is 0 Å². The number of fused-ring (bicyclic) bond motifs is 1. The Morgan fingerprint density at radius 1 is 1.13 bits per heavy atom. The number of hydrogen-bond acceptors (Lipinski definition) is 1. The largest absolute Gasteiger partial charge is 0.396 e. The number of rotatable bonds is 3. The molecule has 0 spiro atoms. The van der Waals surface area contributed by atoms with Gasteiger partial charge in [-0.25, -0.2) is 0 Å². The Labute approximate surface area is 93.9 Å². The average molecular weight is 212 g/mol. The topological polar surface area (TPSA) is 20.2 Å². The van der Waals surface area contributed by atoms with Crippen molar-refractivity contribution in [2.45, 2.75) is 51.0 Å². The second kappa shape index (κ2) is 4.84. The van der Waals surface area contributed by atoms with E-state index in [4.69, 9.17) is 5.11 Å². The predicted octanol–water partition coefficient (Wildman–Crippen LogP) is 2.17. The second-order valence-electron chi connectivity index (χ2n) is 5.76. The highest BCUT2D eigenvalue weighted by Crippen LogP contribution is 2.37. The fourth-order valence-corrected chi connectivity index (χ4v) is 3.92. The van der Waals surface area contributed by atoms with E-state index in [0.717, 1.165) is 18.4 Å². The van der Waals surface area contributed by atoms with Gasteiger partial charge in [0.1, 0.15) is 0 Å². The molecule has 0 bridgehead atoms. The number of nitrogens with zero attached hydrogens (tertiary/aromatic N) is 1. The molecule has 0 unspecified atom stereocenters. The van der Waals surface area contributed by atoms with E-state index < -0.39 is 0 Å². The lowest BCUT2D eigenvalue weighted by Crippen LogP contribution is -2.60. The first-order valence-corrected chi connectivity index (χ1v) is 6.71. The van der Waals surface area contributed by atoms with Crippen LogP contribution < -0.4 is 0 Å². The summed E-state index contributed by atoms with van der Waals surface area (Å²) in [5.74, 6) is 0.899. The molecular weight excluding hydrogens is 186 g/mol. The van der Waals surface area contributed by atoms with Crippen LogP contribution in [0.4, 0.5) is 0 Å². The van der Waals surface area contributed by atoms with Gasteiger partial charge in [0, 0.05) is 12.5 Å². The van der Waals surface area contributed by atoms with Crippen LogP contribution in [-0.4, -0.2) is 42.4 Å². The standard InChI is InChI=1S/C13H26NO/c1-14-9-3-2-8-13(14)12(6-4-10-14)7-5-11-15/h12-13,15H,2-11H2,1H3/q+1/t12-,13+,14+/m0/s1. The minimum absolute atomic E-state index is 0.382. The van der Waals surface area contributed by atoms with Crippen molar-refractivity contribution < 1.29 is 9.59 Å². The van der Waals surface area contributed by atoms with Crippen molar-refractivity contribution >= 4 is 0 Å². The third-order valence-corrected chi connectivity index (χ3v) is 4.74. The van der Waals surface area contributed by atoms with Gasteiger partial charge in [-0.3, -0.25) is 0 Å². The molecule has 3 atom stereocenters. The third-order valence-electron chi connectivity index (χ3n) is 4.74. The number of piperidine rings is 2. The Morgan fingerprint density at radius 2 is 1.93 bits per heavy atom. The summed E-state index contributed by atoms with van der Waals surface area (Å²) >= 11 is 0. The highest BCUT2D eigenvalue weighted by molar-refractivity contribution is 4.78. The van der Waals surface area contributed by atoms with Crippen LogP contribution in [0.25, 0.3) is 0 Å². The Morgan fingerprint density at radius 3 is 2.73 bits per heavy atom. The Hall–Kier alpha value is -0.0800. The molecule has 2 nitrogen and oxygen atoms in total. The van der Waals surface area contributed by atoms with Gasteiger partial charge < -0.3 is 9.59 Å². The predicted molar refractivity (Wildman–Crippen MR) is 62.6 cm³/mol. The van der Waals surface area contributed by atoms with Crippen molar-refractivity contribution in [1.82, 2.24) is 0 Å². The Bertz CT molecular complexity index is 203. The van der Waals surface area contributed by atoms with Crippen LogP contribution in [0.5, 0.6) is 0 Å². The molecule has 0 radical (unpaired) electrons. The lowest BCUT2D eigenvalue weighted by Gasteiger charge is -2.51. The van der Waals surface area contributed by atoms with Gasteiger partial charge in [-0.2, -0.15) is 0 Å². The monoisotopic (exact) mass is 212 g/mol. The van der Waals surface area contributed by atoms with Crippen molar-refractivity contribution in [3.8, 4) is 0 Å². The van der Waals surface area contributed by atoms with E-state index in [2.05, 4.69) is 7.05 Å². The van der Waals surface area contributed by atoms with E-state index in [1.807, 2.05) is 0 Å². The van der Waals surface area contributed by atoms with Gasteiger partial charge in [-0.1, -0.05) is 0 Å². The van der Waals surface area contributed by atoms with E-state index in [1.165, 1.54) is 56.1 Å². The van der Waals surface area contributed by atoms with Crippen LogP contribution >= 0.6 is 0 Å². The van der Waals surface area contributed by atoms with Crippen LogP contribution in [0, 0.1) is 5.92 Å². The fourth-order valence-electron chi connectivity index (χ4n) is 3.92. The Balaban J connectivity index is 1.99. The molecule has 0 aromatic heterocycles. The maximum absolute atomic E-state index is 8.95. The molecule has 0 aliphatic carbocycles. The molecule has 0 saturated carbocycles. The molecule has 88 valence electrons. The zero-order valence-electron chi connectivity index (χ0n) is 10.1. The molecule has 2 heteroatoms. The molecule has 0 aromatic carbocycles. The molecule has 1 N–H and O–H groups in total. The van der Waals surface area contributed by atoms with E-state index in [0.29, 0.717) is 6.61 Å². The summed E-state index contributed by atoms with van der Waals surface area (Å²) in [6, 6.07) is 0.916. The summed E-state index contributed by atoms with van der Waals surface area (Å²) in [7, 11) is 2.47. The molecule has 0 aromatic rings. The summed E-state index contributed by atoms with van der Waals surface area (Å²) in [6.45, 7) is 3.19.